The molecule has 3 rings (SSSR count). The molecule has 0 heterocycles. The van der Waals surface area contributed by atoms with Crippen molar-refractivity contribution in [2.75, 3.05) is 11.3 Å². The van der Waals surface area contributed by atoms with Crippen molar-refractivity contribution in [2.24, 2.45) is 0 Å². The van der Waals surface area contributed by atoms with Crippen molar-refractivity contribution in [3.63, 3.8) is 0 Å². The third kappa shape index (κ3) is 5.73. The van der Waals surface area contributed by atoms with Gasteiger partial charge in [0, 0.05) is 12.1 Å². The average molecular weight is 437 g/mol. The largest absolute Gasteiger partial charge is 0.352 e. The van der Waals surface area contributed by atoms with Crippen LogP contribution in [0.3, 0.4) is 0 Å². The first-order valence-corrected chi connectivity index (χ1v) is 11.8. The molecule has 0 radical (unpaired) electrons. The van der Waals surface area contributed by atoms with Crippen molar-refractivity contribution in [1.29, 1.82) is 0 Å². The smallest absolute Gasteiger partial charge is 0.262 e. The zero-order valence-corrected chi connectivity index (χ0v) is 18.9. The van der Waals surface area contributed by atoms with Crippen molar-refractivity contribution in [2.45, 2.75) is 38.5 Å². The van der Waals surface area contributed by atoms with Crippen LogP contribution in [0.5, 0.6) is 0 Å². The number of carbonyl (C=O) groups excluding carboxylic acids is 1. The summed E-state index contributed by atoms with van der Waals surface area (Å²) in [5, 5.41) is 2.88. The number of benzene rings is 3. The van der Waals surface area contributed by atoms with Crippen LogP contribution in [-0.4, -0.2) is 20.9 Å². The zero-order chi connectivity index (χ0) is 22.4. The Hall–Kier alpha value is -3.12. The molecule has 0 atom stereocenters. The molecule has 2 N–H and O–H groups in total. The van der Waals surface area contributed by atoms with Gasteiger partial charge in [-0.25, -0.2) is 8.42 Å². The van der Waals surface area contributed by atoms with Gasteiger partial charge in [-0.05, 0) is 74.1 Å². The Morgan fingerprint density at radius 2 is 1.61 bits per heavy atom. The maximum atomic E-state index is 13.0. The highest BCUT2D eigenvalue weighted by atomic mass is 32.2. The van der Waals surface area contributed by atoms with E-state index in [1.54, 1.807) is 25.1 Å². The predicted octanol–water partition coefficient (Wildman–Crippen LogP) is 4.78. The van der Waals surface area contributed by atoms with Crippen molar-refractivity contribution in [3.8, 4) is 0 Å². The Balaban J connectivity index is 1.70. The maximum absolute atomic E-state index is 13.0. The van der Waals surface area contributed by atoms with Crippen molar-refractivity contribution >= 4 is 21.6 Å². The lowest BCUT2D eigenvalue weighted by atomic mass is 10.1. The second kappa shape index (κ2) is 9.79. The van der Waals surface area contributed by atoms with Gasteiger partial charge in [0.15, 0.2) is 0 Å². The molecule has 1 amide bonds. The number of aryl methyl sites for hydroxylation is 3. The summed E-state index contributed by atoms with van der Waals surface area (Å²) in [4.78, 5) is 12.7. The molecule has 0 spiro atoms. The average Bonchev–Trinajstić information content (AvgIpc) is 2.75. The van der Waals surface area contributed by atoms with E-state index in [1.807, 2.05) is 44.2 Å². The fourth-order valence-corrected chi connectivity index (χ4v) is 4.73. The van der Waals surface area contributed by atoms with Crippen LogP contribution in [0, 0.1) is 20.8 Å². The van der Waals surface area contributed by atoms with Gasteiger partial charge in [-0.2, -0.15) is 0 Å². The molecule has 0 aliphatic rings. The number of anilines is 1. The minimum absolute atomic E-state index is 0.102. The Kier molecular flexibility index (Phi) is 7.13. The van der Waals surface area contributed by atoms with E-state index in [4.69, 9.17) is 0 Å². The maximum Gasteiger partial charge on any atom is 0.262 e. The summed E-state index contributed by atoms with van der Waals surface area (Å²) in [6.07, 6.45) is 1.68. The van der Waals surface area contributed by atoms with Crippen LogP contribution in [0.15, 0.2) is 71.6 Å². The normalized spacial score (nSPS) is 11.2. The standard InChI is InChI=1S/C25H28N2O3S/c1-18-9-7-13-23(20(18)3)27-31(29,30)24-17-22(15-14-19(24)2)25(28)26-16-8-12-21-10-5-4-6-11-21/h4-7,9-11,13-15,17,27H,8,12,16H2,1-3H3,(H,26,28). The molecule has 0 bridgehead atoms. The van der Waals surface area contributed by atoms with Gasteiger partial charge in [-0.3, -0.25) is 9.52 Å². The van der Waals surface area contributed by atoms with E-state index in [1.165, 1.54) is 11.6 Å². The van der Waals surface area contributed by atoms with Gasteiger partial charge < -0.3 is 5.32 Å². The fourth-order valence-electron chi connectivity index (χ4n) is 3.33. The molecule has 6 heteroatoms. The molecule has 0 aromatic heterocycles. The minimum Gasteiger partial charge on any atom is -0.352 e. The van der Waals surface area contributed by atoms with E-state index in [9.17, 15) is 13.2 Å². The lowest BCUT2D eigenvalue weighted by molar-refractivity contribution is 0.0953. The third-order valence-electron chi connectivity index (χ3n) is 5.36. The molecule has 0 fully saturated rings. The highest BCUT2D eigenvalue weighted by Crippen LogP contribution is 2.24. The summed E-state index contributed by atoms with van der Waals surface area (Å²) in [7, 11) is -3.83. The van der Waals surface area contributed by atoms with Crippen molar-refractivity contribution < 1.29 is 13.2 Å². The summed E-state index contributed by atoms with van der Waals surface area (Å²) < 4.78 is 28.7. The Morgan fingerprint density at radius 3 is 2.35 bits per heavy atom. The van der Waals surface area contributed by atoms with Crippen LogP contribution < -0.4 is 10.0 Å². The first-order valence-electron chi connectivity index (χ1n) is 10.3. The summed E-state index contributed by atoms with van der Waals surface area (Å²) in [6, 6.07) is 20.3. The van der Waals surface area contributed by atoms with Gasteiger partial charge in [-0.15, -0.1) is 0 Å². The summed E-state index contributed by atoms with van der Waals surface area (Å²) >= 11 is 0. The SMILES string of the molecule is Cc1ccc(C(=O)NCCCc2ccccc2)cc1S(=O)(=O)Nc1cccc(C)c1C. The number of rotatable bonds is 8. The predicted molar refractivity (Wildman–Crippen MR) is 125 cm³/mol. The minimum atomic E-state index is -3.83. The highest BCUT2D eigenvalue weighted by molar-refractivity contribution is 7.92. The van der Waals surface area contributed by atoms with E-state index in [-0.39, 0.29) is 10.8 Å². The monoisotopic (exact) mass is 436 g/mol. The van der Waals surface area contributed by atoms with Crippen LogP contribution in [0.1, 0.15) is 39.0 Å². The number of hydrogen-bond acceptors (Lipinski definition) is 3. The van der Waals surface area contributed by atoms with Crippen molar-refractivity contribution in [3.05, 3.63) is 94.5 Å². The van der Waals surface area contributed by atoms with Gasteiger partial charge in [0.1, 0.15) is 0 Å². The molecule has 3 aromatic carbocycles. The Labute approximate surface area is 184 Å². The zero-order valence-electron chi connectivity index (χ0n) is 18.1. The van der Waals surface area contributed by atoms with Gasteiger partial charge in [0.05, 0.1) is 10.6 Å². The summed E-state index contributed by atoms with van der Waals surface area (Å²) in [6.45, 7) is 6.05. The lowest BCUT2D eigenvalue weighted by Gasteiger charge is -2.14. The number of hydrogen-bond donors (Lipinski definition) is 2. The van der Waals surface area contributed by atoms with Crippen LogP contribution in [0.2, 0.25) is 0 Å². The second-order valence-corrected chi connectivity index (χ2v) is 9.33. The molecule has 5 nitrogen and oxygen atoms in total. The molecule has 0 saturated heterocycles. The number of amides is 1. The van der Waals surface area contributed by atoms with E-state index < -0.39 is 10.0 Å². The topological polar surface area (TPSA) is 75.3 Å². The van der Waals surface area contributed by atoms with E-state index in [0.29, 0.717) is 23.4 Å². The van der Waals surface area contributed by atoms with Gasteiger partial charge >= 0.3 is 0 Å². The molecular weight excluding hydrogens is 408 g/mol. The van der Waals surface area contributed by atoms with Crippen LogP contribution in [0.25, 0.3) is 0 Å². The lowest BCUT2D eigenvalue weighted by Crippen LogP contribution is -2.25. The van der Waals surface area contributed by atoms with E-state index >= 15 is 0 Å². The summed E-state index contributed by atoms with van der Waals surface area (Å²) in [5.74, 6) is -0.281. The molecule has 0 aliphatic heterocycles. The number of sulfonamides is 1. The van der Waals surface area contributed by atoms with Gasteiger partial charge in [-0.1, -0.05) is 48.5 Å². The first-order chi connectivity index (χ1) is 14.8. The molecule has 3 aromatic rings. The molecule has 162 valence electrons. The van der Waals surface area contributed by atoms with Crippen molar-refractivity contribution in [1.82, 2.24) is 5.32 Å². The van der Waals surface area contributed by atoms with E-state index in [0.717, 1.165) is 24.0 Å². The third-order valence-corrected chi connectivity index (χ3v) is 6.87. The molecule has 31 heavy (non-hydrogen) atoms. The number of carbonyl (C=O) groups is 1. The van der Waals surface area contributed by atoms with Crippen LogP contribution in [0.4, 0.5) is 5.69 Å². The summed E-state index contributed by atoms with van der Waals surface area (Å²) in [5.41, 5.74) is 4.54. The Morgan fingerprint density at radius 1 is 0.871 bits per heavy atom. The molecule has 0 aliphatic carbocycles. The molecule has 0 unspecified atom stereocenters. The highest BCUT2D eigenvalue weighted by Gasteiger charge is 2.20. The van der Waals surface area contributed by atoms with Gasteiger partial charge in [0.25, 0.3) is 15.9 Å². The first kappa shape index (κ1) is 22.6. The fraction of sp³-hybridized carbons (Fsp3) is 0.240. The second-order valence-electron chi connectivity index (χ2n) is 7.68. The quantitative estimate of drug-likeness (QED) is 0.499. The van der Waals surface area contributed by atoms with Gasteiger partial charge in [0.2, 0.25) is 0 Å². The number of nitrogens with one attached hydrogen (secondary N) is 2. The van der Waals surface area contributed by atoms with Crippen LogP contribution in [-0.2, 0) is 16.4 Å². The van der Waals surface area contributed by atoms with E-state index in [2.05, 4.69) is 22.2 Å². The Bertz CT molecular complexity index is 1170. The molecule has 0 saturated carbocycles. The molecular formula is C25H28N2O3S. The van der Waals surface area contributed by atoms with Crippen LogP contribution >= 0.6 is 0 Å².